The normalized spacial score (nSPS) is 16.4. The minimum atomic E-state index is 0.0233. The number of nitrogens with zero attached hydrogens (tertiary/aromatic N) is 3. The number of hydrogen-bond donors (Lipinski definition) is 1. The van der Waals surface area contributed by atoms with Crippen molar-refractivity contribution in [3.8, 4) is 0 Å². The highest BCUT2D eigenvalue weighted by Crippen LogP contribution is 2.19. The van der Waals surface area contributed by atoms with E-state index in [1.54, 1.807) is 10.9 Å². The average Bonchev–Trinajstić information content (AvgIpc) is 2.64. The van der Waals surface area contributed by atoms with Crippen molar-refractivity contribution < 1.29 is 4.79 Å². The summed E-state index contributed by atoms with van der Waals surface area (Å²) in [6.45, 7) is 1.10. The van der Waals surface area contributed by atoms with E-state index in [4.69, 9.17) is 5.73 Å². The van der Waals surface area contributed by atoms with Gasteiger partial charge in [0.05, 0.1) is 12.7 Å². The summed E-state index contributed by atoms with van der Waals surface area (Å²) in [5.41, 5.74) is 6.75. The number of nitrogens with two attached hydrogens (primary N) is 1. The summed E-state index contributed by atoms with van der Waals surface area (Å²) in [7, 11) is 0. The van der Waals surface area contributed by atoms with Crippen LogP contribution in [0.25, 0.3) is 0 Å². The lowest BCUT2D eigenvalue weighted by atomic mass is 10.0. The topological polar surface area (TPSA) is 73.8 Å². The molecule has 0 radical (unpaired) electrons. The Kier molecular flexibility index (Phi) is 4.03. The first kappa shape index (κ1) is 12.0. The molecule has 0 atom stereocenters. The predicted octanol–water partition coefficient (Wildman–Crippen LogP) is 1.31. The Balaban J connectivity index is 2.09. The standard InChI is InChI=1S/C12H18N4O/c13-7-8-16-9-11(14-15-16)12(17)10-5-3-1-2-4-6-10/h5,9H,1-4,6-8,13H2. The maximum Gasteiger partial charge on any atom is 0.210 e. The number of ketones is 1. The molecule has 1 aromatic heterocycles. The van der Waals surface area contributed by atoms with Crippen LogP contribution in [0.5, 0.6) is 0 Å². The van der Waals surface area contributed by atoms with Gasteiger partial charge in [-0.05, 0) is 31.3 Å². The molecule has 0 unspecified atom stereocenters. The van der Waals surface area contributed by atoms with E-state index in [1.807, 2.05) is 0 Å². The highest BCUT2D eigenvalue weighted by atomic mass is 16.1. The third-order valence-corrected chi connectivity index (χ3v) is 2.96. The van der Waals surface area contributed by atoms with E-state index < -0.39 is 0 Å². The van der Waals surface area contributed by atoms with E-state index >= 15 is 0 Å². The van der Waals surface area contributed by atoms with Gasteiger partial charge in [0.1, 0.15) is 0 Å². The fourth-order valence-electron chi connectivity index (χ4n) is 2.03. The molecular weight excluding hydrogens is 216 g/mol. The van der Waals surface area contributed by atoms with Crippen LogP contribution in [0.3, 0.4) is 0 Å². The second-order valence-electron chi connectivity index (χ2n) is 4.31. The lowest BCUT2D eigenvalue weighted by Gasteiger charge is -2.00. The molecule has 1 aromatic rings. The fraction of sp³-hybridized carbons (Fsp3) is 0.583. The van der Waals surface area contributed by atoms with Crippen LogP contribution in [0.15, 0.2) is 17.8 Å². The van der Waals surface area contributed by atoms with Gasteiger partial charge in [-0.3, -0.25) is 9.48 Å². The van der Waals surface area contributed by atoms with Crippen molar-refractivity contribution in [3.05, 3.63) is 23.5 Å². The largest absolute Gasteiger partial charge is 0.329 e. The number of rotatable bonds is 4. The molecule has 5 heteroatoms. The minimum Gasteiger partial charge on any atom is -0.329 e. The van der Waals surface area contributed by atoms with E-state index in [0.717, 1.165) is 24.8 Å². The van der Waals surface area contributed by atoms with Crippen LogP contribution in [0.1, 0.15) is 42.6 Å². The van der Waals surface area contributed by atoms with E-state index in [-0.39, 0.29) is 5.78 Å². The molecule has 2 rings (SSSR count). The van der Waals surface area contributed by atoms with Crippen LogP contribution in [-0.2, 0) is 6.54 Å². The van der Waals surface area contributed by atoms with Gasteiger partial charge in [0.2, 0.25) is 5.78 Å². The van der Waals surface area contributed by atoms with Crippen LogP contribution < -0.4 is 5.73 Å². The number of hydrogen-bond acceptors (Lipinski definition) is 4. The van der Waals surface area contributed by atoms with Crippen LogP contribution in [0, 0.1) is 0 Å². The first-order valence-electron chi connectivity index (χ1n) is 6.15. The van der Waals surface area contributed by atoms with Crippen molar-refractivity contribution in [2.75, 3.05) is 6.54 Å². The number of allylic oxidation sites excluding steroid dienone is 2. The molecule has 0 bridgehead atoms. The average molecular weight is 234 g/mol. The number of aromatic nitrogens is 3. The van der Waals surface area contributed by atoms with Crippen molar-refractivity contribution >= 4 is 5.78 Å². The van der Waals surface area contributed by atoms with Gasteiger partial charge >= 0.3 is 0 Å². The molecule has 0 aliphatic heterocycles. The molecule has 0 aromatic carbocycles. The molecule has 0 saturated carbocycles. The van der Waals surface area contributed by atoms with Crippen molar-refractivity contribution in [1.29, 1.82) is 0 Å². The van der Waals surface area contributed by atoms with E-state index in [1.165, 1.54) is 12.8 Å². The summed E-state index contributed by atoms with van der Waals surface area (Å²) >= 11 is 0. The summed E-state index contributed by atoms with van der Waals surface area (Å²) < 4.78 is 1.62. The van der Waals surface area contributed by atoms with Crippen molar-refractivity contribution in [3.63, 3.8) is 0 Å². The third kappa shape index (κ3) is 3.00. The number of carbonyl (C=O) groups excluding carboxylic acids is 1. The van der Waals surface area contributed by atoms with Crippen LogP contribution in [-0.4, -0.2) is 27.3 Å². The second kappa shape index (κ2) is 5.72. The molecule has 2 N–H and O–H groups in total. The summed E-state index contributed by atoms with van der Waals surface area (Å²) in [5, 5.41) is 7.79. The molecule has 1 heterocycles. The maximum absolute atomic E-state index is 12.2. The van der Waals surface area contributed by atoms with Crippen molar-refractivity contribution in [2.24, 2.45) is 5.73 Å². The minimum absolute atomic E-state index is 0.0233. The van der Waals surface area contributed by atoms with Crippen LogP contribution in [0.2, 0.25) is 0 Å². The zero-order valence-electron chi connectivity index (χ0n) is 9.93. The lowest BCUT2D eigenvalue weighted by molar-refractivity contribution is 0.102. The molecule has 0 spiro atoms. The Bertz CT molecular complexity index is 422. The van der Waals surface area contributed by atoms with Gasteiger partial charge in [-0.1, -0.05) is 17.7 Å². The number of carbonyl (C=O) groups is 1. The third-order valence-electron chi connectivity index (χ3n) is 2.96. The van der Waals surface area contributed by atoms with E-state index in [2.05, 4.69) is 16.4 Å². The smallest absolute Gasteiger partial charge is 0.210 e. The second-order valence-corrected chi connectivity index (χ2v) is 4.31. The molecule has 1 aliphatic rings. The maximum atomic E-state index is 12.2. The van der Waals surface area contributed by atoms with Gasteiger partial charge in [-0.25, -0.2) is 0 Å². The summed E-state index contributed by atoms with van der Waals surface area (Å²) in [5.74, 6) is 0.0233. The lowest BCUT2D eigenvalue weighted by Crippen LogP contribution is -2.10. The van der Waals surface area contributed by atoms with Gasteiger partial charge in [0.25, 0.3) is 0 Å². The van der Waals surface area contributed by atoms with E-state index in [0.29, 0.717) is 18.8 Å². The Morgan fingerprint density at radius 3 is 3.12 bits per heavy atom. The van der Waals surface area contributed by atoms with Gasteiger partial charge in [0, 0.05) is 6.54 Å². The quantitative estimate of drug-likeness (QED) is 0.797. The van der Waals surface area contributed by atoms with Crippen LogP contribution >= 0.6 is 0 Å². The Morgan fingerprint density at radius 1 is 1.41 bits per heavy atom. The molecule has 1 aliphatic carbocycles. The predicted molar refractivity (Wildman–Crippen MR) is 64.6 cm³/mol. The highest BCUT2D eigenvalue weighted by molar-refractivity contribution is 6.07. The SMILES string of the molecule is NCCn1cc(C(=O)C2=CCCCCC2)nn1. The number of Topliss-reactive ketones (excluding diaryl/α,β-unsaturated/α-hetero) is 1. The van der Waals surface area contributed by atoms with Gasteiger partial charge < -0.3 is 5.73 Å². The molecular formula is C12H18N4O. The highest BCUT2D eigenvalue weighted by Gasteiger charge is 2.16. The molecule has 92 valence electrons. The monoisotopic (exact) mass is 234 g/mol. The first-order valence-corrected chi connectivity index (χ1v) is 6.15. The van der Waals surface area contributed by atoms with Crippen molar-refractivity contribution in [2.45, 2.75) is 38.6 Å². The van der Waals surface area contributed by atoms with E-state index in [9.17, 15) is 4.79 Å². The van der Waals surface area contributed by atoms with Crippen LogP contribution in [0.4, 0.5) is 0 Å². The summed E-state index contributed by atoms with van der Waals surface area (Å²) in [6, 6.07) is 0. The molecule has 0 fully saturated rings. The van der Waals surface area contributed by atoms with Gasteiger partial charge in [-0.2, -0.15) is 0 Å². The van der Waals surface area contributed by atoms with Gasteiger partial charge in [-0.15, -0.1) is 5.10 Å². The Labute approximate surface area is 101 Å². The zero-order valence-corrected chi connectivity index (χ0v) is 9.93. The fourth-order valence-corrected chi connectivity index (χ4v) is 2.03. The Morgan fingerprint density at radius 2 is 2.29 bits per heavy atom. The first-order chi connectivity index (χ1) is 8.31. The summed E-state index contributed by atoms with van der Waals surface area (Å²) in [4.78, 5) is 12.2. The zero-order chi connectivity index (χ0) is 12.1. The van der Waals surface area contributed by atoms with Gasteiger partial charge in [0.15, 0.2) is 5.69 Å². The Hall–Kier alpha value is -1.49. The molecule has 0 amide bonds. The summed E-state index contributed by atoms with van der Waals surface area (Å²) in [6.07, 6.45) is 9.07. The molecule has 17 heavy (non-hydrogen) atoms. The molecule has 5 nitrogen and oxygen atoms in total. The molecule has 0 saturated heterocycles. The van der Waals surface area contributed by atoms with Crippen molar-refractivity contribution in [1.82, 2.24) is 15.0 Å².